The van der Waals surface area contributed by atoms with Gasteiger partial charge in [-0.05, 0) is 7.05 Å². The van der Waals surface area contributed by atoms with Crippen LogP contribution < -0.4 is 0 Å². The molecule has 0 atom stereocenters. The van der Waals surface area contributed by atoms with Crippen molar-refractivity contribution in [2.24, 2.45) is 5.41 Å². The highest BCUT2D eigenvalue weighted by Crippen LogP contribution is 2.27. The highest BCUT2D eigenvalue weighted by Gasteiger charge is 2.38. The quantitative estimate of drug-likeness (QED) is 0.667. The number of aliphatic hydroxyl groups excluding tert-OH is 1. The fourth-order valence-corrected chi connectivity index (χ4v) is 2.41. The van der Waals surface area contributed by atoms with Gasteiger partial charge >= 0.3 is 0 Å². The topological polar surface area (TPSA) is 45.2 Å². The van der Waals surface area contributed by atoms with E-state index >= 15 is 0 Å². The molecular weight excluding hydrogens is 220 g/mol. The van der Waals surface area contributed by atoms with E-state index in [1.807, 2.05) is 0 Å². The zero-order valence-electron chi connectivity index (χ0n) is 10.7. The molecule has 0 unspecified atom stereocenters. The van der Waals surface area contributed by atoms with Crippen molar-refractivity contribution >= 4 is 0 Å². The van der Waals surface area contributed by atoms with Crippen LogP contribution in [0.4, 0.5) is 0 Å². The van der Waals surface area contributed by atoms with Gasteiger partial charge in [0.25, 0.3) is 0 Å². The minimum absolute atomic E-state index is 0.000239. The highest BCUT2D eigenvalue weighted by atomic mass is 16.5. The first-order chi connectivity index (χ1) is 8.24. The van der Waals surface area contributed by atoms with Gasteiger partial charge in [-0.3, -0.25) is 4.90 Å². The van der Waals surface area contributed by atoms with E-state index in [2.05, 4.69) is 16.8 Å². The number of hydrogen-bond donors (Lipinski definition) is 1. The Balaban J connectivity index is 1.64. The average Bonchev–Trinajstić information content (AvgIpc) is 2.33. The molecule has 2 aliphatic heterocycles. The van der Waals surface area contributed by atoms with Crippen molar-refractivity contribution in [3.63, 3.8) is 0 Å². The second-order valence-corrected chi connectivity index (χ2v) is 5.34. The summed E-state index contributed by atoms with van der Waals surface area (Å²) in [6.07, 6.45) is 0. The number of morpholine rings is 1. The lowest BCUT2D eigenvalue weighted by Crippen LogP contribution is -2.53. The molecule has 2 rings (SSSR count). The lowest BCUT2D eigenvalue weighted by Gasteiger charge is -2.42. The molecule has 0 spiro atoms. The second kappa shape index (κ2) is 6.11. The highest BCUT2D eigenvalue weighted by molar-refractivity contribution is 4.87. The van der Waals surface area contributed by atoms with Crippen LogP contribution in [-0.2, 0) is 9.47 Å². The molecule has 100 valence electrons. The molecule has 5 nitrogen and oxygen atoms in total. The summed E-state index contributed by atoms with van der Waals surface area (Å²) < 4.78 is 10.5. The number of likely N-dealkylation sites (N-methyl/N-ethyl adjacent to an activating group) is 1. The van der Waals surface area contributed by atoms with Crippen molar-refractivity contribution in [3.8, 4) is 0 Å². The van der Waals surface area contributed by atoms with Gasteiger partial charge in [0.1, 0.15) is 0 Å². The van der Waals surface area contributed by atoms with E-state index in [1.54, 1.807) is 0 Å². The van der Waals surface area contributed by atoms with E-state index in [9.17, 15) is 5.11 Å². The maximum atomic E-state index is 9.37. The van der Waals surface area contributed by atoms with Gasteiger partial charge in [0, 0.05) is 32.7 Å². The molecule has 2 fully saturated rings. The normalized spacial score (nSPS) is 24.9. The molecule has 0 aliphatic carbocycles. The Morgan fingerprint density at radius 2 is 1.94 bits per heavy atom. The molecule has 0 aromatic heterocycles. The van der Waals surface area contributed by atoms with Crippen molar-refractivity contribution in [2.75, 3.05) is 72.8 Å². The summed E-state index contributed by atoms with van der Waals surface area (Å²) >= 11 is 0. The zero-order valence-corrected chi connectivity index (χ0v) is 10.7. The third-order valence-corrected chi connectivity index (χ3v) is 3.66. The maximum Gasteiger partial charge on any atom is 0.0594 e. The van der Waals surface area contributed by atoms with Gasteiger partial charge < -0.3 is 19.5 Å². The molecule has 17 heavy (non-hydrogen) atoms. The Labute approximate surface area is 103 Å². The van der Waals surface area contributed by atoms with Gasteiger partial charge in [-0.2, -0.15) is 0 Å². The lowest BCUT2D eigenvalue weighted by molar-refractivity contribution is -0.146. The van der Waals surface area contributed by atoms with Gasteiger partial charge in [-0.1, -0.05) is 0 Å². The van der Waals surface area contributed by atoms with Gasteiger partial charge in [-0.25, -0.2) is 0 Å². The summed E-state index contributed by atoms with van der Waals surface area (Å²) in [4.78, 5) is 4.73. The van der Waals surface area contributed by atoms with Crippen LogP contribution in [0.3, 0.4) is 0 Å². The number of ether oxygens (including phenoxy) is 2. The number of nitrogens with zero attached hydrogens (tertiary/aromatic N) is 2. The fourth-order valence-electron chi connectivity index (χ4n) is 2.41. The second-order valence-electron chi connectivity index (χ2n) is 5.34. The third-order valence-electron chi connectivity index (χ3n) is 3.66. The van der Waals surface area contributed by atoms with Crippen LogP contribution in [0.2, 0.25) is 0 Å². The molecule has 0 amide bonds. The summed E-state index contributed by atoms with van der Waals surface area (Å²) in [7, 11) is 2.12. The Bertz CT molecular complexity index is 222. The van der Waals surface area contributed by atoms with Gasteiger partial charge in [0.2, 0.25) is 0 Å². The fraction of sp³-hybridized carbons (Fsp3) is 1.00. The van der Waals surface area contributed by atoms with E-state index in [0.717, 1.165) is 45.9 Å². The molecular formula is C12H24N2O3. The smallest absolute Gasteiger partial charge is 0.0594 e. The van der Waals surface area contributed by atoms with Crippen LogP contribution in [0, 0.1) is 5.41 Å². The summed E-state index contributed by atoms with van der Waals surface area (Å²) in [6, 6.07) is 0. The van der Waals surface area contributed by atoms with Crippen LogP contribution in [0.15, 0.2) is 0 Å². The van der Waals surface area contributed by atoms with Gasteiger partial charge in [-0.15, -0.1) is 0 Å². The number of rotatable bonds is 6. The van der Waals surface area contributed by atoms with Crippen molar-refractivity contribution in [3.05, 3.63) is 0 Å². The predicted molar refractivity (Wildman–Crippen MR) is 65.1 cm³/mol. The standard InChI is InChI=1S/C12H24N2O3/c1-13(8-12(9-15)10-17-11-12)2-3-14-4-6-16-7-5-14/h15H,2-11H2,1H3. The molecule has 2 saturated heterocycles. The monoisotopic (exact) mass is 244 g/mol. The molecule has 0 bridgehead atoms. The Kier molecular flexibility index (Phi) is 4.76. The van der Waals surface area contributed by atoms with E-state index < -0.39 is 0 Å². The molecule has 1 N–H and O–H groups in total. The summed E-state index contributed by atoms with van der Waals surface area (Å²) in [5.74, 6) is 0. The molecule has 0 aromatic carbocycles. The van der Waals surface area contributed by atoms with Crippen LogP contribution in [0.5, 0.6) is 0 Å². The van der Waals surface area contributed by atoms with Gasteiger partial charge in [0.15, 0.2) is 0 Å². The largest absolute Gasteiger partial charge is 0.396 e. The molecule has 0 saturated carbocycles. The van der Waals surface area contributed by atoms with E-state index in [-0.39, 0.29) is 12.0 Å². The molecule has 5 heteroatoms. The maximum absolute atomic E-state index is 9.37. The minimum Gasteiger partial charge on any atom is -0.396 e. The summed E-state index contributed by atoms with van der Waals surface area (Å²) in [5, 5.41) is 9.37. The predicted octanol–water partition coefficient (Wildman–Crippen LogP) is -0.741. The lowest BCUT2D eigenvalue weighted by atomic mass is 9.86. The first-order valence-electron chi connectivity index (χ1n) is 6.41. The van der Waals surface area contributed by atoms with Crippen molar-refractivity contribution < 1.29 is 14.6 Å². The van der Waals surface area contributed by atoms with Crippen molar-refractivity contribution in [1.29, 1.82) is 0 Å². The van der Waals surface area contributed by atoms with Gasteiger partial charge in [0.05, 0.1) is 38.4 Å². The Morgan fingerprint density at radius 3 is 2.47 bits per heavy atom. The number of hydrogen-bond acceptors (Lipinski definition) is 5. The minimum atomic E-state index is -0.000239. The summed E-state index contributed by atoms with van der Waals surface area (Å²) in [6.45, 7) is 8.49. The SMILES string of the molecule is CN(CCN1CCOCC1)CC1(CO)COC1. The Morgan fingerprint density at radius 1 is 1.24 bits per heavy atom. The van der Waals surface area contributed by atoms with Crippen LogP contribution >= 0.6 is 0 Å². The molecule has 2 heterocycles. The van der Waals surface area contributed by atoms with E-state index in [4.69, 9.17) is 9.47 Å². The van der Waals surface area contributed by atoms with Crippen LogP contribution in [-0.4, -0.2) is 87.7 Å². The Hall–Kier alpha value is -0.200. The first-order valence-corrected chi connectivity index (χ1v) is 6.41. The molecule has 0 radical (unpaired) electrons. The summed E-state index contributed by atoms with van der Waals surface area (Å²) in [5.41, 5.74) is -0.000239. The van der Waals surface area contributed by atoms with E-state index in [1.165, 1.54) is 0 Å². The zero-order chi connectivity index (χ0) is 12.1. The van der Waals surface area contributed by atoms with Crippen LogP contribution in [0.25, 0.3) is 0 Å². The van der Waals surface area contributed by atoms with Crippen molar-refractivity contribution in [2.45, 2.75) is 0 Å². The average molecular weight is 244 g/mol. The molecule has 2 aliphatic rings. The van der Waals surface area contributed by atoms with Crippen molar-refractivity contribution in [1.82, 2.24) is 9.80 Å². The first kappa shape index (κ1) is 13.2. The number of aliphatic hydroxyl groups is 1. The van der Waals surface area contributed by atoms with E-state index in [0.29, 0.717) is 13.2 Å². The third kappa shape index (κ3) is 3.63. The molecule has 0 aromatic rings. The van der Waals surface area contributed by atoms with Crippen LogP contribution in [0.1, 0.15) is 0 Å².